The van der Waals surface area contributed by atoms with Crippen LogP contribution in [0.4, 0.5) is 8.78 Å². The normalized spacial score (nSPS) is 19.3. The van der Waals surface area contributed by atoms with Gasteiger partial charge in [-0.15, -0.1) is 0 Å². The molecule has 1 saturated heterocycles. The molecule has 1 unspecified atom stereocenters. The Bertz CT molecular complexity index is 809. The number of halogens is 2. The van der Waals surface area contributed by atoms with E-state index in [2.05, 4.69) is 0 Å². The topological polar surface area (TPSA) is 37.4 Å². The summed E-state index contributed by atoms with van der Waals surface area (Å²) in [7, 11) is -4.07. The Labute approximate surface area is 141 Å². The molecule has 128 valence electrons. The first-order valence-electron chi connectivity index (χ1n) is 7.99. The molecule has 2 aromatic rings. The minimum Gasteiger partial charge on any atom is -0.207 e. The van der Waals surface area contributed by atoms with Crippen molar-refractivity contribution in [2.24, 2.45) is 0 Å². The molecule has 1 aliphatic heterocycles. The fourth-order valence-electron chi connectivity index (χ4n) is 3.18. The van der Waals surface area contributed by atoms with Gasteiger partial charge >= 0.3 is 0 Å². The number of sulfonamides is 1. The van der Waals surface area contributed by atoms with Crippen LogP contribution in [0.15, 0.2) is 53.4 Å². The van der Waals surface area contributed by atoms with Gasteiger partial charge in [-0.25, -0.2) is 17.2 Å². The van der Waals surface area contributed by atoms with E-state index in [1.165, 1.54) is 4.31 Å². The van der Waals surface area contributed by atoms with Gasteiger partial charge in [0.15, 0.2) is 0 Å². The van der Waals surface area contributed by atoms with Gasteiger partial charge in [0.25, 0.3) is 0 Å². The Kier molecular flexibility index (Phi) is 4.96. The second-order valence-electron chi connectivity index (χ2n) is 6.03. The fraction of sp³-hybridized carbons (Fsp3) is 0.333. The van der Waals surface area contributed by atoms with E-state index in [0.29, 0.717) is 19.4 Å². The van der Waals surface area contributed by atoms with E-state index in [1.807, 2.05) is 30.3 Å². The maximum atomic E-state index is 14.0. The van der Waals surface area contributed by atoms with Crippen LogP contribution in [0.2, 0.25) is 0 Å². The minimum atomic E-state index is -4.07. The van der Waals surface area contributed by atoms with Crippen molar-refractivity contribution in [3.05, 3.63) is 65.7 Å². The van der Waals surface area contributed by atoms with Crippen molar-refractivity contribution in [2.75, 3.05) is 6.54 Å². The number of piperidine rings is 1. The van der Waals surface area contributed by atoms with Crippen LogP contribution >= 0.6 is 0 Å². The molecule has 0 radical (unpaired) electrons. The third-order valence-electron chi connectivity index (χ3n) is 4.37. The van der Waals surface area contributed by atoms with Gasteiger partial charge in [-0.1, -0.05) is 36.8 Å². The smallest absolute Gasteiger partial charge is 0.207 e. The zero-order chi connectivity index (χ0) is 17.2. The van der Waals surface area contributed by atoms with Crippen molar-refractivity contribution in [1.82, 2.24) is 4.31 Å². The predicted molar refractivity (Wildman–Crippen MR) is 88.0 cm³/mol. The maximum Gasteiger partial charge on any atom is 0.246 e. The summed E-state index contributed by atoms with van der Waals surface area (Å²) in [4.78, 5) is -0.581. The van der Waals surface area contributed by atoms with Crippen LogP contribution in [-0.4, -0.2) is 25.3 Å². The molecule has 0 N–H and O–H groups in total. The highest BCUT2D eigenvalue weighted by atomic mass is 32.2. The van der Waals surface area contributed by atoms with Crippen LogP contribution in [0.1, 0.15) is 24.8 Å². The van der Waals surface area contributed by atoms with Crippen molar-refractivity contribution in [3.63, 3.8) is 0 Å². The molecule has 0 saturated carbocycles. The summed E-state index contributed by atoms with van der Waals surface area (Å²) < 4.78 is 54.5. The van der Waals surface area contributed by atoms with E-state index in [1.54, 1.807) is 0 Å². The first-order valence-corrected chi connectivity index (χ1v) is 9.43. The summed E-state index contributed by atoms with van der Waals surface area (Å²) >= 11 is 0. The monoisotopic (exact) mass is 351 g/mol. The van der Waals surface area contributed by atoms with Crippen LogP contribution in [0.25, 0.3) is 0 Å². The Morgan fingerprint density at radius 1 is 1.04 bits per heavy atom. The lowest BCUT2D eigenvalue weighted by atomic mass is 9.98. The van der Waals surface area contributed by atoms with E-state index in [4.69, 9.17) is 0 Å². The molecule has 1 heterocycles. The van der Waals surface area contributed by atoms with Crippen LogP contribution in [0, 0.1) is 11.6 Å². The summed E-state index contributed by atoms with van der Waals surface area (Å²) in [5.41, 5.74) is 1.03. The summed E-state index contributed by atoms with van der Waals surface area (Å²) in [6.07, 6.45) is 2.93. The van der Waals surface area contributed by atoms with Gasteiger partial charge in [-0.05, 0) is 43.0 Å². The predicted octanol–water partition coefficient (Wildman–Crippen LogP) is 3.75. The summed E-state index contributed by atoms with van der Waals surface area (Å²) in [6, 6.07) is 11.9. The van der Waals surface area contributed by atoms with E-state index >= 15 is 0 Å². The highest BCUT2D eigenvalue weighted by Crippen LogP contribution is 2.29. The zero-order valence-electron chi connectivity index (χ0n) is 13.2. The van der Waals surface area contributed by atoms with Gasteiger partial charge in [-0.3, -0.25) is 0 Å². The molecular formula is C18H19F2NO2S. The van der Waals surface area contributed by atoms with Crippen LogP contribution in [0.3, 0.4) is 0 Å². The summed E-state index contributed by atoms with van der Waals surface area (Å²) in [5.74, 6) is -1.67. The van der Waals surface area contributed by atoms with E-state index in [0.717, 1.165) is 36.6 Å². The van der Waals surface area contributed by atoms with Gasteiger partial charge in [-0.2, -0.15) is 4.31 Å². The Hall–Kier alpha value is -1.79. The summed E-state index contributed by atoms with van der Waals surface area (Å²) in [6.45, 7) is 0.329. The van der Waals surface area contributed by atoms with Crippen molar-refractivity contribution < 1.29 is 17.2 Å². The molecule has 6 heteroatoms. The maximum absolute atomic E-state index is 14.0. The van der Waals surface area contributed by atoms with Crippen molar-refractivity contribution >= 4 is 10.0 Å². The number of benzene rings is 2. The molecule has 3 rings (SSSR count). The highest BCUT2D eigenvalue weighted by molar-refractivity contribution is 7.89. The Balaban J connectivity index is 1.93. The van der Waals surface area contributed by atoms with Gasteiger partial charge in [0, 0.05) is 12.6 Å². The molecule has 0 bridgehead atoms. The van der Waals surface area contributed by atoms with Gasteiger partial charge in [0.2, 0.25) is 10.0 Å². The lowest BCUT2D eigenvalue weighted by Crippen LogP contribution is -2.45. The third kappa shape index (κ3) is 3.49. The molecule has 3 nitrogen and oxygen atoms in total. The van der Waals surface area contributed by atoms with Gasteiger partial charge in [0.05, 0.1) is 0 Å². The fourth-order valence-corrected chi connectivity index (χ4v) is 4.95. The molecule has 0 aromatic heterocycles. The van der Waals surface area contributed by atoms with Crippen LogP contribution < -0.4 is 0 Å². The van der Waals surface area contributed by atoms with E-state index in [9.17, 15) is 17.2 Å². The van der Waals surface area contributed by atoms with Crippen LogP contribution in [0.5, 0.6) is 0 Å². The van der Waals surface area contributed by atoms with Crippen molar-refractivity contribution in [3.8, 4) is 0 Å². The largest absolute Gasteiger partial charge is 0.246 e. The molecule has 1 atom stereocenters. The molecule has 0 amide bonds. The first kappa shape index (κ1) is 17.0. The summed E-state index contributed by atoms with van der Waals surface area (Å²) in [5, 5.41) is 0. The molecule has 2 aromatic carbocycles. The molecule has 1 fully saturated rings. The number of hydrogen-bond acceptors (Lipinski definition) is 2. The van der Waals surface area contributed by atoms with Crippen molar-refractivity contribution in [2.45, 2.75) is 36.6 Å². The number of rotatable bonds is 4. The molecule has 0 spiro atoms. The lowest BCUT2D eigenvalue weighted by Gasteiger charge is -2.35. The highest BCUT2D eigenvalue weighted by Gasteiger charge is 2.35. The second kappa shape index (κ2) is 6.99. The number of hydrogen-bond donors (Lipinski definition) is 0. The average Bonchev–Trinajstić information content (AvgIpc) is 2.58. The minimum absolute atomic E-state index is 0.242. The SMILES string of the molecule is O=S(=O)(c1cc(F)ccc1F)N1CCCCC1Cc1ccccc1. The van der Waals surface area contributed by atoms with E-state index < -0.39 is 26.6 Å². The zero-order valence-corrected chi connectivity index (χ0v) is 14.0. The van der Waals surface area contributed by atoms with E-state index in [-0.39, 0.29) is 6.04 Å². The number of nitrogens with zero attached hydrogens (tertiary/aromatic N) is 1. The van der Waals surface area contributed by atoms with Gasteiger partial charge < -0.3 is 0 Å². The first-order chi connectivity index (χ1) is 11.5. The molecule has 24 heavy (non-hydrogen) atoms. The third-order valence-corrected chi connectivity index (χ3v) is 6.33. The lowest BCUT2D eigenvalue weighted by molar-refractivity contribution is 0.250. The Morgan fingerprint density at radius 2 is 1.79 bits per heavy atom. The second-order valence-corrected chi connectivity index (χ2v) is 7.89. The Morgan fingerprint density at radius 3 is 2.54 bits per heavy atom. The van der Waals surface area contributed by atoms with Crippen molar-refractivity contribution in [1.29, 1.82) is 0 Å². The van der Waals surface area contributed by atoms with Crippen LogP contribution in [-0.2, 0) is 16.4 Å². The molecule has 1 aliphatic rings. The molecular weight excluding hydrogens is 332 g/mol. The van der Waals surface area contributed by atoms with Gasteiger partial charge in [0.1, 0.15) is 16.5 Å². The molecule has 0 aliphatic carbocycles. The standard InChI is InChI=1S/C18H19F2NO2S/c19-15-9-10-17(20)18(13-15)24(22,23)21-11-5-4-8-16(21)12-14-6-2-1-3-7-14/h1-3,6-7,9-10,13,16H,4-5,8,11-12H2. The average molecular weight is 351 g/mol. The quantitative estimate of drug-likeness (QED) is 0.841.